The molecule has 0 atom stereocenters. The van der Waals surface area contributed by atoms with Crippen molar-refractivity contribution in [2.24, 2.45) is 0 Å². The number of ether oxygens (including phenoxy) is 2. The molecule has 2 N–H and O–H groups in total. The lowest BCUT2D eigenvalue weighted by atomic mass is 10.1. The van der Waals surface area contributed by atoms with Gasteiger partial charge in [-0.1, -0.05) is 18.2 Å². The molecular weight excluding hydrogens is 294 g/mol. The van der Waals surface area contributed by atoms with Crippen LogP contribution in [-0.4, -0.2) is 22.7 Å². The molecule has 1 amide bonds. The maximum atomic E-state index is 12.5. The fraction of sp³-hybridized carbons (Fsp3) is 0.0588. The predicted molar refractivity (Wildman–Crippen MR) is 84.5 cm³/mol. The van der Waals surface area contributed by atoms with E-state index in [4.69, 9.17) is 9.47 Å². The first kappa shape index (κ1) is 13.4. The van der Waals surface area contributed by atoms with Crippen molar-refractivity contribution in [3.63, 3.8) is 0 Å². The Morgan fingerprint density at radius 2 is 2.09 bits per heavy atom. The Labute approximate surface area is 132 Å². The summed E-state index contributed by atoms with van der Waals surface area (Å²) in [6.07, 6.45) is 3.44. The van der Waals surface area contributed by atoms with E-state index in [0.717, 1.165) is 11.4 Å². The van der Waals surface area contributed by atoms with Crippen LogP contribution in [0.4, 0.5) is 5.69 Å². The lowest BCUT2D eigenvalue weighted by molar-refractivity contribution is 0.102. The molecule has 2 heterocycles. The monoisotopic (exact) mass is 307 g/mol. The molecule has 3 aromatic rings. The molecule has 0 radical (unpaired) electrons. The second kappa shape index (κ2) is 5.49. The van der Waals surface area contributed by atoms with Gasteiger partial charge in [0.15, 0.2) is 11.5 Å². The highest BCUT2D eigenvalue weighted by molar-refractivity contribution is 6.07. The molecule has 0 saturated heterocycles. The second-order valence-electron chi connectivity index (χ2n) is 5.01. The van der Waals surface area contributed by atoms with Crippen LogP contribution in [0.1, 0.15) is 10.4 Å². The third kappa shape index (κ3) is 2.50. The molecule has 114 valence electrons. The van der Waals surface area contributed by atoms with E-state index in [9.17, 15) is 4.79 Å². The van der Waals surface area contributed by atoms with Gasteiger partial charge < -0.3 is 19.8 Å². The second-order valence-corrected chi connectivity index (χ2v) is 5.01. The normalized spacial score (nSPS) is 12.2. The van der Waals surface area contributed by atoms with Crippen molar-refractivity contribution in [3.05, 3.63) is 60.4 Å². The maximum absolute atomic E-state index is 12.5. The van der Waals surface area contributed by atoms with Crippen LogP contribution in [0.5, 0.6) is 11.5 Å². The minimum absolute atomic E-state index is 0.133. The Balaban J connectivity index is 1.60. The average Bonchev–Trinajstić information content (AvgIpc) is 3.26. The summed E-state index contributed by atoms with van der Waals surface area (Å²) in [4.78, 5) is 19.7. The van der Waals surface area contributed by atoms with Crippen molar-refractivity contribution in [2.45, 2.75) is 0 Å². The van der Waals surface area contributed by atoms with E-state index < -0.39 is 0 Å². The van der Waals surface area contributed by atoms with Gasteiger partial charge in [-0.05, 0) is 24.3 Å². The van der Waals surface area contributed by atoms with Crippen LogP contribution in [0, 0.1) is 0 Å². The topological polar surface area (TPSA) is 76.2 Å². The van der Waals surface area contributed by atoms with E-state index >= 15 is 0 Å². The van der Waals surface area contributed by atoms with Crippen LogP contribution in [0.25, 0.3) is 11.4 Å². The van der Waals surface area contributed by atoms with Crippen LogP contribution in [0.15, 0.2) is 54.9 Å². The molecule has 4 rings (SSSR count). The summed E-state index contributed by atoms with van der Waals surface area (Å²) in [5.41, 5.74) is 2.02. The number of hydrogen-bond acceptors (Lipinski definition) is 4. The Morgan fingerprint density at radius 1 is 1.17 bits per heavy atom. The van der Waals surface area contributed by atoms with Gasteiger partial charge in [-0.2, -0.15) is 0 Å². The summed E-state index contributed by atoms with van der Waals surface area (Å²) in [5, 5.41) is 2.87. The number of para-hydroxylation sites is 1. The number of H-pyrrole nitrogens is 1. The number of rotatable bonds is 3. The molecule has 0 saturated carbocycles. The molecule has 1 aliphatic rings. The first-order chi connectivity index (χ1) is 11.3. The van der Waals surface area contributed by atoms with Crippen LogP contribution in [0.3, 0.4) is 0 Å². The fourth-order valence-electron chi connectivity index (χ4n) is 2.47. The van der Waals surface area contributed by atoms with E-state index in [0.29, 0.717) is 22.7 Å². The number of aromatic nitrogens is 2. The smallest absolute Gasteiger partial charge is 0.259 e. The molecule has 0 aliphatic carbocycles. The summed E-state index contributed by atoms with van der Waals surface area (Å²) in [6.45, 7) is 0.133. The van der Waals surface area contributed by atoms with E-state index in [1.54, 1.807) is 30.6 Å². The van der Waals surface area contributed by atoms with E-state index in [2.05, 4.69) is 15.3 Å². The predicted octanol–water partition coefficient (Wildman–Crippen LogP) is 3.06. The summed E-state index contributed by atoms with van der Waals surface area (Å²) in [7, 11) is 0. The number of fused-ring (bicyclic) bond motifs is 1. The number of hydrogen-bond donors (Lipinski definition) is 2. The minimum atomic E-state index is -0.246. The minimum Gasteiger partial charge on any atom is -0.454 e. The third-order valence-electron chi connectivity index (χ3n) is 3.53. The molecule has 0 unspecified atom stereocenters. The first-order valence-corrected chi connectivity index (χ1v) is 7.11. The molecule has 0 fully saturated rings. The molecule has 1 aromatic heterocycles. The third-order valence-corrected chi connectivity index (χ3v) is 3.53. The number of amides is 1. The molecule has 0 spiro atoms. The van der Waals surface area contributed by atoms with Gasteiger partial charge in [-0.25, -0.2) is 4.98 Å². The Hall–Kier alpha value is -3.28. The summed E-state index contributed by atoms with van der Waals surface area (Å²) in [6, 6.07) is 12.7. The van der Waals surface area contributed by atoms with Gasteiger partial charge in [0.1, 0.15) is 5.82 Å². The van der Waals surface area contributed by atoms with E-state index in [1.165, 1.54) is 0 Å². The number of anilines is 1. The van der Waals surface area contributed by atoms with Crippen molar-refractivity contribution >= 4 is 11.6 Å². The number of aromatic amines is 1. The zero-order valence-electron chi connectivity index (χ0n) is 12.1. The standard InChI is InChI=1S/C17H13N3O3/c21-17(13-5-2-6-14-15(13)23-10-22-14)20-12-4-1-3-11(9-12)16-18-7-8-19-16/h1-9H,10H2,(H,18,19)(H,20,21). The zero-order valence-corrected chi connectivity index (χ0v) is 12.1. The molecule has 6 heteroatoms. The van der Waals surface area contributed by atoms with E-state index in [1.807, 2.05) is 24.3 Å². The number of benzene rings is 2. The average molecular weight is 307 g/mol. The Morgan fingerprint density at radius 3 is 2.96 bits per heavy atom. The van der Waals surface area contributed by atoms with Crippen LogP contribution >= 0.6 is 0 Å². The van der Waals surface area contributed by atoms with Crippen LogP contribution < -0.4 is 14.8 Å². The summed E-state index contributed by atoms with van der Waals surface area (Å²) < 4.78 is 10.7. The fourth-order valence-corrected chi connectivity index (χ4v) is 2.47. The van der Waals surface area contributed by atoms with Crippen molar-refractivity contribution < 1.29 is 14.3 Å². The summed E-state index contributed by atoms with van der Waals surface area (Å²) in [5.74, 6) is 1.57. The van der Waals surface area contributed by atoms with Gasteiger partial charge in [0.05, 0.1) is 5.56 Å². The first-order valence-electron chi connectivity index (χ1n) is 7.11. The van der Waals surface area contributed by atoms with Gasteiger partial charge in [-0.3, -0.25) is 4.79 Å². The molecule has 2 aromatic carbocycles. The van der Waals surface area contributed by atoms with Crippen molar-refractivity contribution in [3.8, 4) is 22.9 Å². The quantitative estimate of drug-likeness (QED) is 0.779. The Kier molecular flexibility index (Phi) is 3.20. The zero-order chi connectivity index (χ0) is 15.6. The number of carbonyl (C=O) groups excluding carboxylic acids is 1. The lowest BCUT2D eigenvalue weighted by Crippen LogP contribution is -2.12. The van der Waals surface area contributed by atoms with Crippen LogP contribution in [0.2, 0.25) is 0 Å². The highest BCUT2D eigenvalue weighted by Gasteiger charge is 2.21. The largest absolute Gasteiger partial charge is 0.454 e. The van der Waals surface area contributed by atoms with Gasteiger partial charge >= 0.3 is 0 Å². The molecule has 1 aliphatic heterocycles. The maximum Gasteiger partial charge on any atom is 0.259 e. The molecular formula is C17H13N3O3. The van der Waals surface area contributed by atoms with Crippen molar-refractivity contribution in [2.75, 3.05) is 12.1 Å². The van der Waals surface area contributed by atoms with E-state index in [-0.39, 0.29) is 12.7 Å². The number of nitrogens with zero attached hydrogens (tertiary/aromatic N) is 1. The number of nitrogens with one attached hydrogen (secondary N) is 2. The highest BCUT2D eigenvalue weighted by Crippen LogP contribution is 2.35. The van der Waals surface area contributed by atoms with Gasteiger partial charge in [-0.15, -0.1) is 0 Å². The Bertz CT molecular complexity index is 859. The number of imidazole rings is 1. The molecule has 23 heavy (non-hydrogen) atoms. The van der Waals surface area contributed by atoms with Gasteiger partial charge in [0, 0.05) is 23.6 Å². The van der Waals surface area contributed by atoms with Crippen molar-refractivity contribution in [1.29, 1.82) is 0 Å². The number of carbonyl (C=O) groups is 1. The highest BCUT2D eigenvalue weighted by atomic mass is 16.7. The van der Waals surface area contributed by atoms with Crippen molar-refractivity contribution in [1.82, 2.24) is 9.97 Å². The summed E-state index contributed by atoms with van der Waals surface area (Å²) >= 11 is 0. The van der Waals surface area contributed by atoms with Crippen LogP contribution in [-0.2, 0) is 0 Å². The molecule has 0 bridgehead atoms. The molecule has 6 nitrogen and oxygen atoms in total. The lowest BCUT2D eigenvalue weighted by Gasteiger charge is -2.08. The van der Waals surface area contributed by atoms with Gasteiger partial charge in [0.2, 0.25) is 6.79 Å². The SMILES string of the molecule is O=C(Nc1cccc(-c2ncc[nH]2)c1)c1cccc2c1OCO2. The van der Waals surface area contributed by atoms with Gasteiger partial charge in [0.25, 0.3) is 5.91 Å².